The van der Waals surface area contributed by atoms with E-state index < -0.39 is 10.8 Å². The van der Waals surface area contributed by atoms with Crippen LogP contribution in [0.5, 0.6) is 5.75 Å². The van der Waals surface area contributed by atoms with Gasteiger partial charge in [0.2, 0.25) is 0 Å². The number of aliphatic imine (C=N–C) groups is 1. The molecule has 1 fully saturated rings. The molecule has 1 aromatic rings. The van der Waals surface area contributed by atoms with Crippen molar-refractivity contribution in [2.24, 2.45) is 4.99 Å². The minimum Gasteiger partial charge on any atom is -0.497 e. The number of aryl methyl sites for hydroxylation is 1. The predicted octanol–water partition coefficient (Wildman–Crippen LogP) is 3.26. The van der Waals surface area contributed by atoms with Gasteiger partial charge in [0.05, 0.1) is 7.11 Å². The van der Waals surface area contributed by atoms with Gasteiger partial charge in [-0.05, 0) is 56.7 Å². The highest BCUT2D eigenvalue weighted by atomic mass is 32.2. The highest BCUT2D eigenvalue weighted by Gasteiger charge is 2.25. The third-order valence-electron chi connectivity index (χ3n) is 5.02. The van der Waals surface area contributed by atoms with Crippen LogP contribution in [0.2, 0.25) is 0 Å². The highest BCUT2D eigenvalue weighted by molar-refractivity contribution is 7.85. The molecule has 6 heteroatoms. The molecule has 2 rings (SSSR count). The molecule has 0 amide bonds. The van der Waals surface area contributed by atoms with Crippen molar-refractivity contribution in [2.45, 2.75) is 63.7 Å². The standard InChI is InChI=1S/C21H35N3O2S/c1-4-22-21(24-18-9-6-10-20(16-18)27(25)5-2)23-15-7-8-17-11-13-19(26-3)14-12-17/h11-14,18,20H,4-10,15-16H2,1-3H3,(H2,22,23,24). The van der Waals surface area contributed by atoms with Crippen LogP contribution in [0.15, 0.2) is 29.3 Å². The van der Waals surface area contributed by atoms with Crippen molar-refractivity contribution in [1.82, 2.24) is 10.6 Å². The van der Waals surface area contributed by atoms with Crippen molar-refractivity contribution < 1.29 is 8.95 Å². The SMILES string of the molecule is CCNC(=NCCCc1ccc(OC)cc1)NC1CCCC(S(=O)CC)C1. The van der Waals surface area contributed by atoms with Gasteiger partial charge in [-0.3, -0.25) is 9.20 Å². The van der Waals surface area contributed by atoms with E-state index in [0.29, 0.717) is 11.3 Å². The minimum atomic E-state index is -0.692. The van der Waals surface area contributed by atoms with Crippen LogP contribution < -0.4 is 15.4 Å². The van der Waals surface area contributed by atoms with Gasteiger partial charge < -0.3 is 15.4 Å². The molecule has 27 heavy (non-hydrogen) atoms. The summed E-state index contributed by atoms with van der Waals surface area (Å²) >= 11 is 0. The third kappa shape index (κ3) is 7.53. The summed E-state index contributed by atoms with van der Waals surface area (Å²) in [5.41, 5.74) is 1.31. The lowest BCUT2D eigenvalue weighted by molar-refractivity contribution is 0.413. The first kappa shape index (κ1) is 21.7. The van der Waals surface area contributed by atoms with Crippen molar-refractivity contribution in [3.8, 4) is 5.75 Å². The normalized spacial score (nSPS) is 21.5. The van der Waals surface area contributed by atoms with Gasteiger partial charge in [-0.15, -0.1) is 0 Å². The monoisotopic (exact) mass is 393 g/mol. The molecule has 0 radical (unpaired) electrons. The molecule has 0 saturated heterocycles. The van der Waals surface area contributed by atoms with Crippen molar-refractivity contribution in [2.75, 3.05) is 26.0 Å². The zero-order chi connectivity index (χ0) is 19.5. The maximum atomic E-state index is 12.1. The summed E-state index contributed by atoms with van der Waals surface area (Å²) in [6.45, 7) is 5.74. The molecule has 1 aliphatic rings. The molecule has 1 aromatic carbocycles. The predicted molar refractivity (Wildman–Crippen MR) is 115 cm³/mol. The zero-order valence-electron chi connectivity index (χ0n) is 17.0. The Morgan fingerprint density at radius 2 is 2.04 bits per heavy atom. The number of nitrogens with zero attached hydrogens (tertiary/aromatic N) is 1. The molecule has 1 aliphatic carbocycles. The van der Waals surface area contributed by atoms with E-state index in [1.54, 1.807) is 7.11 Å². The van der Waals surface area contributed by atoms with Crippen LogP contribution in [-0.4, -0.2) is 47.4 Å². The Balaban J connectivity index is 1.81. The fourth-order valence-corrected chi connectivity index (χ4v) is 4.88. The summed E-state index contributed by atoms with van der Waals surface area (Å²) in [5, 5.41) is 7.25. The number of hydrogen-bond donors (Lipinski definition) is 2. The van der Waals surface area contributed by atoms with E-state index in [0.717, 1.165) is 69.1 Å². The first-order chi connectivity index (χ1) is 13.2. The number of hydrogen-bond acceptors (Lipinski definition) is 3. The van der Waals surface area contributed by atoms with Crippen molar-refractivity contribution in [3.05, 3.63) is 29.8 Å². The Bertz CT molecular complexity index is 604. The molecule has 152 valence electrons. The molecular formula is C21H35N3O2S. The summed E-state index contributed by atoms with van der Waals surface area (Å²) in [6.07, 6.45) is 6.37. The molecule has 5 nitrogen and oxygen atoms in total. The summed E-state index contributed by atoms with van der Waals surface area (Å²) in [5.74, 6) is 2.54. The van der Waals surface area contributed by atoms with E-state index in [1.807, 2.05) is 19.1 Å². The molecule has 3 atom stereocenters. The second kappa shape index (κ2) is 12.0. The van der Waals surface area contributed by atoms with Gasteiger partial charge in [-0.2, -0.15) is 0 Å². The van der Waals surface area contributed by atoms with Crippen LogP contribution in [0.1, 0.15) is 51.5 Å². The Labute approximate surface area is 166 Å². The fraction of sp³-hybridized carbons (Fsp3) is 0.667. The van der Waals surface area contributed by atoms with Gasteiger partial charge in [0, 0.05) is 40.9 Å². The third-order valence-corrected chi connectivity index (χ3v) is 6.76. The van der Waals surface area contributed by atoms with Crippen LogP contribution in [0, 0.1) is 0 Å². The van der Waals surface area contributed by atoms with Crippen LogP contribution in [-0.2, 0) is 17.2 Å². The van der Waals surface area contributed by atoms with Crippen molar-refractivity contribution in [1.29, 1.82) is 0 Å². The lowest BCUT2D eigenvalue weighted by Crippen LogP contribution is -2.46. The van der Waals surface area contributed by atoms with E-state index >= 15 is 0 Å². The maximum absolute atomic E-state index is 12.1. The lowest BCUT2D eigenvalue weighted by atomic mass is 9.95. The Morgan fingerprint density at radius 1 is 1.26 bits per heavy atom. The van der Waals surface area contributed by atoms with Crippen LogP contribution in [0.25, 0.3) is 0 Å². The molecular weight excluding hydrogens is 358 g/mol. The number of rotatable bonds is 9. The molecule has 0 spiro atoms. The van der Waals surface area contributed by atoms with Gasteiger partial charge in [-0.25, -0.2) is 0 Å². The highest BCUT2D eigenvalue weighted by Crippen LogP contribution is 2.23. The van der Waals surface area contributed by atoms with Gasteiger partial charge >= 0.3 is 0 Å². The van der Waals surface area contributed by atoms with E-state index in [9.17, 15) is 4.21 Å². The van der Waals surface area contributed by atoms with Crippen LogP contribution in [0.3, 0.4) is 0 Å². The molecule has 3 unspecified atom stereocenters. The number of guanidine groups is 1. The minimum absolute atomic E-state index is 0.333. The maximum Gasteiger partial charge on any atom is 0.191 e. The zero-order valence-corrected chi connectivity index (χ0v) is 17.8. The van der Waals surface area contributed by atoms with Gasteiger partial charge in [-0.1, -0.05) is 25.5 Å². The largest absolute Gasteiger partial charge is 0.497 e. The Kier molecular flexibility index (Phi) is 9.67. The van der Waals surface area contributed by atoms with Crippen molar-refractivity contribution >= 4 is 16.8 Å². The van der Waals surface area contributed by atoms with Crippen molar-refractivity contribution in [3.63, 3.8) is 0 Å². The Morgan fingerprint density at radius 3 is 2.70 bits per heavy atom. The van der Waals surface area contributed by atoms with Gasteiger partial charge in [0.15, 0.2) is 5.96 Å². The quantitative estimate of drug-likeness (QED) is 0.384. The van der Waals surface area contributed by atoms with Crippen LogP contribution >= 0.6 is 0 Å². The van der Waals surface area contributed by atoms with E-state index in [2.05, 4.69) is 29.7 Å². The van der Waals surface area contributed by atoms with E-state index in [1.165, 1.54) is 5.56 Å². The van der Waals surface area contributed by atoms with Gasteiger partial charge in [0.25, 0.3) is 0 Å². The van der Waals surface area contributed by atoms with Gasteiger partial charge in [0.1, 0.15) is 5.75 Å². The summed E-state index contributed by atoms with van der Waals surface area (Å²) in [4.78, 5) is 4.74. The lowest BCUT2D eigenvalue weighted by Gasteiger charge is -2.30. The smallest absolute Gasteiger partial charge is 0.191 e. The molecule has 0 bridgehead atoms. The van der Waals surface area contributed by atoms with Crippen LogP contribution in [0.4, 0.5) is 0 Å². The fourth-order valence-electron chi connectivity index (χ4n) is 3.53. The number of ether oxygens (including phenoxy) is 1. The molecule has 0 heterocycles. The summed E-state index contributed by atoms with van der Waals surface area (Å²) in [6, 6.07) is 8.61. The Hall–Kier alpha value is -1.56. The topological polar surface area (TPSA) is 62.7 Å². The first-order valence-corrected chi connectivity index (χ1v) is 11.6. The average Bonchev–Trinajstić information content (AvgIpc) is 2.71. The number of nitrogens with one attached hydrogen (secondary N) is 2. The summed E-state index contributed by atoms with van der Waals surface area (Å²) in [7, 11) is 0.995. The van der Waals surface area contributed by atoms with E-state index in [4.69, 9.17) is 9.73 Å². The number of methoxy groups -OCH3 is 1. The first-order valence-electron chi connectivity index (χ1n) is 10.2. The summed E-state index contributed by atoms with van der Waals surface area (Å²) < 4.78 is 17.3. The average molecular weight is 394 g/mol. The molecule has 1 saturated carbocycles. The molecule has 2 N–H and O–H groups in total. The van der Waals surface area contributed by atoms with E-state index in [-0.39, 0.29) is 0 Å². The second-order valence-electron chi connectivity index (χ2n) is 7.01. The second-order valence-corrected chi connectivity index (χ2v) is 9.02. The number of benzene rings is 1. The molecule has 0 aromatic heterocycles. The molecule has 0 aliphatic heterocycles.